The second-order valence-corrected chi connectivity index (χ2v) is 11.0. The van der Waals surface area contributed by atoms with Gasteiger partial charge < -0.3 is 39.8 Å². The van der Waals surface area contributed by atoms with Crippen molar-refractivity contribution in [2.75, 3.05) is 39.1 Å². The molecule has 1 aliphatic rings. The lowest BCUT2D eigenvalue weighted by atomic mass is 9.51. The molecule has 12 heteroatoms. The minimum atomic E-state index is -1.22. The van der Waals surface area contributed by atoms with Crippen LogP contribution >= 0.6 is 0 Å². The number of benzene rings is 4. The molecule has 0 heterocycles. The van der Waals surface area contributed by atoms with Crippen LogP contribution in [0, 0.1) is 11.8 Å². The Bertz CT molecular complexity index is 1730. The van der Waals surface area contributed by atoms with E-state index in [0.717, 1.165) is 0 Å². The monoisotopic (exact) mass is 654 g/mol. The first-order valence-corrected chi connectivity index (χ1v) is 14.8. The summed E-state index contributed by atoms with van der Waals surface area (Å²) < 4.78 is 21.9. The first kappa shape index (κ1) is 33.3. The summed E-state index contributed by atoms with van der Waals surface area (Å²) in [6.45, 7) is 0. The van der Waals surface area contributed by atoms with Gasteiger partial charge in [0.2, 0.25) is 11.8 Å². The van der Waals surface area contributed by atoms with Crippen LogP contribution in [-0.4, -0.2) is 62.4 Å². The molecular formula is C36H34N2O10. The van der Waals surface area contributed by atoms with Crippen molar-refractivity contribution in [3.63, 3.8) is 0 Å². The lowest BCUT2D eigenvalue weighted by Gasteiger charge is -2.51. The first-order valence-electron chi connectivity index (χ1n) is 14.8. The number of carboxylic acid groups (broad SMARTS) is 2. The third kappa shape index (κ3) is 6.32. The normalized spacial score (nSPS) is 18.1. The quantitative estimate of drug-likeness (QED) is 0.153. The molecule has 0 spiro atoms. The number of carbonyl (C=O) groups excluding carboxylic acids is 2. The van der Waals surface area contributed by atoms with E-state index in [0.29, 0.717) is 34.1 Å². The number of carbonyl (C=O) groups is 4. The third-order valence-electron chi connectivity index (χ3n) is 8.57. The summed E-state index contributed by atoms with van der Waals surface area (Å²) in [6.07, 6.45) is 0. The number of anilines is 2. The summed E-state index contributed by atoms with van der Waals surface area (Å²) >= 11 is 0. The Balaban J connectivity index is 1.67. The maximum atomic E-state index is 14.3. The lowest BCUT2D eigenvalue weighted by molar-refractivity contribution is -0.134. The van der Waals surface area contributed by atoms with Crippen molar-refractivity contribution in [2.24, 2.45) is 11.8 Å². The van der Waals surface area contributed by atoms with Gasteiger partial charge in [0.25, 0.3) is 0 Å². The molecule has 0 unspecified atom stereocenters. The summed E-state index contributed by atoms with van der Waals surface area (Å²) in [5.41, 5.74) is 1.13. The molecule has 1 fully saturated rings. The highest BCUT2D eigenvalue weighted by Crippen LogP contribution is 2.59. The summed E-state index contributed by atoms with van der Waals surface area (Å²) in [6, 6.07) is 22.2. The summed E-state index contributed by atoms with van der Waals surface area (Å²) in [7, 11) is 5.91. The van der Waals surface area contributed by atoms with E-state index in [4.69, 9.17) is 18.9 Å². The Morgan fingerprint density at radius 1 is 0.521 bits per heavy atom. The zero-order valence-corrected chi connectivity index (χ0v) is 26.6. The Kier molecular flexibility index (Phi) is 9.83. The number of amides is 2. The van der Waals surface area contributed by atoms with Crippen molar-refractivity contribution in [1.82, 2.24) is 0 Å². The Hall–Kier alpha value is -6.04. The number of carboxylic acids is 2. The molecule has 0 radical (unpaired) electrons. The van der Waals surface area contributed by atoms with Crippen molar-refractivity contribution >= 4 is 35.1 Å². The summed E-state index contributed by atoms with van der Waals surface area (Å²) in [5.74, 6) is -5.30. The highest BCUT2D eigenvalue weighted by atomic mass is 16.5. The molecule has 4 aromatic carbocycles. The van der Waals surface area contributed by atoms with Gasteiger partial charge in [-0.3, -0.25) is 9.59 Å². The molecule has 0 saturated heterocycles. The van der Waals surface area contributed by atoms with Gasteiger partial charge in [-0.15, -0.1) is 0 Å². The molecule has 4 aromatic rings. The van der Waals surface area contributed by atoms with Crippen molar-refractivity contribution in [3.8, 4) is 23.0 Å². The molecule has 0 aromatic heterocycles. The molecule has 1 saturated carbocycles. The van der Waals surface area contributed by atoms with Crippen LogP contribution < -0.4 is 29.6 Å². The zero-order valence-electron chi connectivity index (χ0n) is 26.6. The Morgan fingerprint density at radius 3 is 1.21 bits per heavy atom. The van der Waals surface area contributed by atoms with Crippen LogP contribution in [0.5, 0.6) is 23.0 Å². The van der Waals surface area contributed by atoms with E-state index < -0.39 is 47.4 Å². The van der Waals surface area contributed by atoms with E-state index in [1.54, 1.807) is 60.7 Å². The van der Waals surface area contributed by atoms with E-state index >= 15 is 0 Å². The zero-order chi connectivity index (χ0) is 34.5. The Labute approximate surface area is 276 Å². The molecule has 48 heavy (non-hydrogen) atoms. The molecule has 5 rings (SSSR count). The standard InChI is InChI=1S/C36H34N2O10/c1-45-25-15-13-19(17-27(25)47-3)29-31(33(39)37-23-11-7-5-9-21(23)35(41)42)30(20-14-16-26(46-2)28(18-20)48-4)32(29)34(40)38-24-12-8-6-10-22(24)36(43)44/h5-18,29-32H,1-4H3,(H,37,39)(H,38,40)(H,41,42)(H,43,44). The highest BCUT2D eigenvalue weighted by molar-refractivity contribution is 6.06. The van der Waals surface area contributed by atoms with Crippen molar-refractivity contribution in [2.45, 2.75) is 11.8 Å². The third-order valence-corrected chi connectivity index (χ3v) is 8.57. The largest absolute Gasteiger partial charge is 0.493 e. The SMILES string of the molecule is COc1ccc(C2C(C(=O)Nc3ccccc3C(=O)O)C(c3ccc(OC)c(OC)c3)C2C(=O)Nc2ccccc2C(=O)O)cc1OC. The predicted octanol–water partition coefficient (Wildman–Crippen LogP) is 5.51. The Morgan fingerprint density at radius 2 is 0.875 bits per heavy atom. The van der Waals surface area contributed by atoms with Crippen LogP contribution in [0.25, 0.3) is 0 Å². The van der Waals surface area contributed by atoms with Gasteiger partial charge in [-0.2, -0.15) is 0 Å². The summed E-state index contributed by atoms with van der Waals surface area (Å²) in [4.78, 5) is 52.6. The number of ether oxygens (including phenoxy) is 4. The van der Waals surface area contributed by atoms with Crippen molar-refractivity contribution in [1.29, 1.82) is 0 Å². The van der Waals surface area contributed by atoms with Crippen LogP contribution in [-0.2, 0) is 9.59 Å². The highest BCUT2D eigenvalue weighted by Gasteiger charge is 2.58. The van der Waals surface area contributed by atoms with Crippen LogP contribution in [0.1, 0.15) is 43.7 Å². The smallest absolute Gasteiger partial charge is 0.337 e. The number of rotatable bonds is 12. The second kappa shape index (κ2) is 14.2. The van der Waals surface area contributed by atoms with Gasteiger partial charge in [-0.1, -0.05) is 36.4 Å². The topological polar surface area (TPSA) is 170 Å². The van der Waals surface area contributed by atoms with E-state index in [9.17, 15) is 29.4 Å². The number of nitrogens with one attached hydrogen (secondary N) is 2. The van der Waals surface area contributed by atoms with Crippen LogP contribution in [0.4, 0.5) is 11.4 Å². The average molecular weight is 655 g/mol. The van der Waals surface area contributed by atoms with Gasteiger partial charge in [0.15, 0.2) is 23.0 Å². The fraction of sp³-hybridized carbons (Fsp3) is 0.222. The molecule has 2 amide bonds. The van der Waals surface area contributed by atoms with Crippen molar-refractivity contribution in [3.05, 3.63) is 107 Å². The van der Waals surface area contributed by atoms with Gasteiger partial charge >= 0.3 is 11.9 Å². The molecule has 0 bridgehead atoms. The van der Waals surface area contributed by atoms with Crippen LogP contribution in [0.15, 0.2) is 84.9 Å². The molecule has 1 aliphatic carbocycles. The minimum Gasteiger partial charge on any atom is -0.493 e. The maximum absolute atomic E-state index is 14.3. The number of aromatic carboxylic acids is 2. The first-order chi connectivity index (χ1) is 23.1. The summed E-state index contributed by atoms with van der Waals surface area (Å²) in [5, 5.41) is 25.1. The van der Waals surface area contributed by atoms with Crippen molar-refractivity contribution < 1.29 is 48.3 Å². The average Bonchev–Trinajstić information content (AvgIpc) is 3.07. The van der Waals surface area contributed by atoms with E-state index in [2.05, 4.69) is 10.6 Å². The molecule has 0 atom stereocenters. The number of hydrogen-bond donors (Lipinski definition) is 4. The van der Waals surface area contributed by atoms with Gasteiger partial charge in [-0.25, -0.2) is 9.59 Å². The van der Waals surface area contributed by atoms with E-state index in [-0.39, 0.29) is 22.5 Å². The van der Waals surface area contributed by atoms with Gasteiger partial charge in [0.05, 0.1) is 62.8 Å². The molecule has 12 nitrogen and oxygen atoms in total. The van der Waals surface area contributed by atoms with Crippen LogP contribution in [0.3, 0.4) is 0 Å². The number of hydrogen-bond acceptors (Lipinski definition) is 8. The fourth-order valence-corrected chi connectivity index (χ4v) is 6.34. The fourth-order valence-electron chi connectivity index (χ4n) is 6.34. The number of methoxy groups -OCH3 is 4. The van der Waals surface area contributed by atoms with Gasteiger partial charge in [-0.05, 0) is 59.7 Å². The minimum absolute atomic E-state index is 0.0930. The van der Waals surface area contributed by atoms with Gasteiger partial charge in [0.1, 0.15) is 0 Å². The second-order valence-electron chi connectivity index (χ2n) is 11.0. The lowest BCUT2D eigenvalue weighted by Crippen LogP contribution is -2.54. The predicted molar refractivity (Wildman–Crippen MR) is 176 cm³/mol. The maximum Gasteiger partial charge on any atom is 0.337 e. The van der Waals surface area contributed by atoms with E-state index in [1.165, 1.54) is 52.7 Å². The number of para-hydroxylation sites is 2. The van der Waals surface area contributed by atoms with Crippen LogP contribution in [0.2, 0.25) is 0 Å². The molecular weight excluding hydrogens is 620 g/mol. The molecule has 0 aliphatic heterocycles. The van der Waals surface area contributed by atoms with Gasteiger partial charge in [0, 0.05) is 11.8 Å². The molecule has 248 valence electrons. The molecule has 4 N–H and O–H groups in total. The van der Waals surface area contributed by atoms with E-state index in [1.807, 2.05) is 0 Å².